The maximum absolute atomic E-state index is 11.8. The zero-order valence-electron chi connectivity index (χ0n) is 19.5. The van der Waals surface area contributed by atoms with Crippen molar-refractivity contribution in [2.75, 3.05) is 31.1 Å². The van der Waals surface area contributed by atoms with Gasteiger partial charge in [-0.25, -0.2) is 14.8 Å². The van der Waals surface area contributed by atoms with Crippen molar-refractivity contribution in [2.24, 2.45) is 0 Å². The molecule has 5 aromatic rings. The Morgan fingerprint density at radius 3 is 2.44 bits per heavy atom. The summed E-state index contributed by atoms with van der Waals surface area (Å²) in [5, 5.41) is 9.24. The molecule has 10 heteroatoms. The number of carbonyl (C=O) groups is 1. The van der Waals surface area contributed by atoms with Gasteiger partial charge in [-0.05, 0) is 24.3 Å². The van der Waals surface area contributed by atoms with E-state index in [0.717, 1.165) is 33.8 Å². The number of nitrogens with one attached hydrogen (secondary N) is 2. The van der Waals surface area contributed by atoms with Crippen molar-refractivity contribution >= 4 is 28.4 Å². The molecule has 10 nitrogen and oxygen atoms in total. The molecule has 2 aromatic carbocycles. The quantitative estimate of drug-likeness (QED) is 0.411. The van der Waals surface area contributed by atoms with Gasteiger partial charge in [-0.3, -0.25) is 9.20 Å². The molecule has 2 N–H and O–H groups in total. The fourth-order valence-electron chi connectivity index (χ4n) is 4.78. The minimum Gasteiger partial charge on any atom is -0.350 e. The highest BCUT2D eigenvalue weighted by atomic mass is 16.2. The van der Waals surface area contributed by atoms with E-state index in [1.165, 1.54) is 0 Å². The van der Waals surface area contributed by atoms with E-state index in [1.54, 1.807) is 25.3 Å². The van der Waals surface area contributed by atoms with E-state index in [-0.39, 0.29) is 11.6 Å². The van der Waals surface area contributed by atoms with Crippen molar-refractivity contribution in [3.8, 4) is 28.6 Å². The number of rotatable bonds is 3. The summed E-state index contributed by atoms with van der Waals surface area (Å²) in [5.74, 6) is 0.822. The van der Waals surface area contributed by atoms with Crippen molar-refractivity contribution in [3.63, 3.8) is 0 Å². The molecule has 0 aliphatic carbocycles. The lowest BCUT2D eigenvalue weighted by Crippen LogP contribution is -2.48. The molecule has 0 radical (unpaired) electrons. The highest BCUT2D eigenvalue weighted by molar-refractivity contribution is 5.89. The molecule has 1 aliphatic heterocycles. The molecule has 0 unspecified atom stereocenters. The van der Waals surface area contributed by atoms with Crippen molar-refractivity contribution in [1.29, 1.82) is 5.26 Å². The number of piperazine rings is 1. The fourth-order valence-corrected chi connectivity index (χ4v) is 4.78. The molecule has 36 heavy (non-hydrogen) atoms. The second-order valence-corrected chi connectivity index (χ2v) is 8.78. The monoisotopic (exact) mass is 478 g/mol. The number of imidazole rings is 2. The number of aromatic nitrogens is 5. The molecule has 3 aromatic heterocycles. The van der Waals surface area contributed by atoms with Crippen LogP contribution in [-0.4, -0.2) is 61.3 Å². The van der Waals surface area contributed by atoms with E-state index in [1.807, 2.05) is 45.8 Å². The van der Waals surface area contributed by atoms with Gasteiger partial charge in [0.15, 0.2) is 11.5 Å². The first-order valence-electron chi connectivity index (χ1n) is 11.6. The van der Waals surface area contributed by atoms with Gasteiger partial charge in [-0.2, -0.15) is 5.26 Å². The van der Waals surface area contributed by atoms with E-state index in [9.17, 15) is 14.9 Å². The second-order valence-electron chi connectivity index (χ2n) is 8.78. The molecular formula is C26H22N8O2. The predicted octanol–water partition coefficient (Wildman–Crippen LogP) is 2.77. The number of anilines is 1. The minimum atomic E-state index is -0.260. The Labute approximate surface area is 205 Å². The molecule has 1 amide bonds. The topological polar surface area (TPSA) is 126 Å². The lowest BCUT2D eigenvalue weighted by atomic mass is 10.0. The number of hydrogen-bond donors (Lipinski definition) is 2. The maximum Gasteiger partial charge on any atom is 0.323 e. The van der Waals surface area contributed by atoms with Gasteiger partial charge in [0.05, 0.1) is 34.1 Å². The predicted molar refractivity (Wildman–Crippen MR) is 136 cm³/mol. The van der Waals surface area contributed by atoms with Crippen LogP contribution in [0.5, 0.6) is 0 Å². The third-order valence-electron chi connectivity index (χ3n) is 6.63. The zero-order valence-corrected chi connectivity index (χ0v) is 19.5. The van der Waals surface area contributed by atoms with Crippen LogP contribution in [-0.2, 0) is 4.79 Å². The molecule has 1 aliphatic rings. The van der Waals surface area contributed by atoms with E-state index in [0.29, 0.717) is 42.9 Å². The lowest BCUT2D eigenvalue weighted by Gasteiger charge is -2.34. The number of nitrogens with zero attached hydrogens (tertiary/aromatic N) is 6. The second kappa shape index (κ2) is 8.39. The van der Waals surface area contributed by atoms with Crippen LogP contribution in [0.25, 0.3) is 39.2 Å². The van der Waals surface area contributed by atoms with Gasteiger partial charge in [0.25, 0.3) is 0 Å². The number of carbonyl (C=O) groups excluding carboxylic acids is 1. The van der Waals surface area contributed by atoms with Gasteiger partial charge in [0.2, 0.25) is 5.91 Å². The van der Waals surface area contributed by atoms with Crippen LogP contribution in [0.1, 0.15) is 12.5 Å². The molecule has 0 saturated carbocycles. The number of H-pyrrole nitrogens is 2. The third-order valence-corrected chi connectivity index (χ3v) is 6.63. The van der Waals surface area contributed by atoms with Gasteiger partial charge in [0, 0.05) is 56.6 Å². The number of hydrogen-bond acceptors (Lipinski definition) is 6. The molecule has 1 fully saturated rings. The summed E-state index contributed by atoms with van der Waals surface area (Å²) >= 11 is 0. The Kier molecular flexibility index (Phi) is 5.04. The molecule has 1 saturated heterocycles. The summed E-state index contributed by atoms with van der Waals surface area (Å²) in [6.07, 6.45) is 3.63. The van der Waals surface area contributed by atoms with E-state index >= 15 is 0 Å². The van der Waals surface area contributed by atoms with Gasteiger partial charge >= 0.3 is 5.69 Å². The van der Waals surface area contributed by atoms with Crippen LogP contribution in [0.15, 0.2) is 59.7 Å². The molecule has 0 bridgehead atoms. The standard InChI is InChI=1S/C26H22N8O2/c1-16(35)32-10-12-33(13-11-32)24-25-31-22(18-4-2-17(15-27)3-5-18)23(34(25)9-8-28-24)19-6-7-20-21(14-19)30-26(36)29-20/h2-9,14H,10-13H2,1H3,(H2,29,30,36). The molecule has 0 atom stereocenters. The maximum atomic E-state index is 11.8. The third kappa shape index (κ3) is 3.58. The Hall–Kier alpha value is -4.91. The zero-order chi connectivity index (χ0) is 24.8. The summed E-state index contributed by atoms with van der Waals surface area (Å²) in [7, 11) is 0. The fraction of sp³-hybridized carbons (Fsp3) is 0.192. The number of aromatic amines is 2. The Bertz CT molecular complexity index is 1710. The molecule has 0 spiro atoms. The first-order valence-corrected chi connectivity index (χ1v) is 11.6. The van der Waals surface area contributed by atoms with Crippen LogP contribution in [0, 0.1) is 11.3 Å². The SMILES string of the molecule is CC(=O)N1CCN(c2nccn3c(-c4ccc5[nH]c(=O)[nH]c5c4)c(-c4ccc(C#N)cc4)nc23)CC1. The van der Waals surface area contributed by atoms with Crippen molar-refractivity contribution in [2.45, 2.75) is 6.92 Å². The summed E-state index contributed by atoms with van der Waals surface area (Å²) in [5.41, 5.74) is 5.77. The van der Waals surface area contributed by atoms with Crippen LogP contribution in [0.4, 0.5) is 5.82 Å². The summed E-state index contributed by atoms with van der Waals surface area (Å²) in [6, 6.07) is 15.2. The smallest absolute Gasteiger partial charge is 0.323 e. The molecule has 178 valence electrons. The minimum absolute atomic E-state index is 0.0743. The Morgan fingerprint density at radius 1 is 1.00 bits per heavy atom. The van der Waals surface area contributed by atoms with Crippen LogP contribution >= 0.6 is 0 Å². The van der Waals surface area contributed by atoms with Gasteiger partial charge in [0.1, 0.15) is 0 Å². The molecular weight excluding hydrogens is 456 g/mol. The average molecular weight is 479 g/mol. The van der Waals surface area contributed by atoms with Gasteiger partial charge < -0.3 is 19.8 Å². The van der Waals surface area contributed by atoms with Crippen LogP contribution in [0.3, 0.4) is 0 Å². The van der Waals surface area contributed by atoms with E-state index < -0.39 is 0 Å². The summed E-state index contributed by atoms with van der Waals surface area (Å²) in [6.45, 7) is 4.18. The lowest BCUT2D eigenvalue weighted by molar-refractivity contribution is -0.129. The van der Waals surface area contributed by atoms with Crippen LogP contribution in [0.2, 0.25) is 0 Å². The van der Waals surface area contributed by atoms with Gasteiger partial charge in [-0.1, -0.05) is 18.2 Å². The van der Waals surface area contributed by atoms with Crippen molar-refractivity contribution in [1.82, 2.24) is 29.2 Å². The normalized spacial score (nSPS) is 13.9. The van der Waals surface area contributed by atoms with Crippen LogP contribution < -0.4 is 10.6 Å². The molecule has 4 heterocycles. The number of nitriles is 1. The number of amides is 1. The van der Waals surface area contributed by atoms with E-state index in [4.69, 9.17) is 4.98 Å². The Balaban J connectivity index is 1.54. The highest BCUT2D eigenvalue weighted by Gasteiger charge is 2.25. The number of benzene rings is 2. The Morgan fingerprint density at radius 2 is 1.72 bits per heavy atom. The van der Waals surface area contributed by atoms with Crippen molar-refractivity contribution < 1.29 is 4.79 Å². The highest BCUT2D eigenvalue weighted by Crippen LogP contribution is 2.36. The largest absolute Gasteiger partial charge is 0.350 e. The summed E-state index contributed by atoms with van der Waals surface area (Å²) < 4.78 is 2.01. The number of fused-ring (bicyclic) bond motifs is 2. The summed E-state index contributed by atoms with van der Waals surface area (Å²) in [4.78, 5) is 42.9. The van der Waals surface area contributed by atoms with E-state index in [2.05, 4.69) is 25.9 Å². The first kappa shape index (κ1) is 21.6. The molecule has 6 rings (SSSR count). The average Bonchev–Trinajstić information content (AvgIpc) is 3.48. The van der Waals surface area contributed by atoms with Gasteiger partial charge in [-0.15, -0.1) is 0 Å². The van der Waals surface area contributed by atoms with Crippen molar-refractivity contribution in [3.05, 3.63) is 70.9 Å². The first-order chi connectivity index (χ1) is 17.5.